The van der Waals surface area contributed by atoms with Crippen molar-refractivity contribution in [3.8, 4) is 0 Å². The van der Waals surface area contributed by atoms with Gasteiger partial charge in [-0.15, -0.1) is 94.1 Å². The van der Waals surface area contributed by atoms with E-state index in [-0.39, 0.29) is 41.1 Å². The molecule has 0 aliphatic heterocycles. The van der Waals surface area contributed by atoms with Crippen LogP contribution in [-0.2, 0) is 26.2 Å². The first-order valence-corrected chi connectivity index (χ1v) is 12.9. The maximum Gasteiger partial charge on any atom is 4.00 e. The molecule has 6 rings (SSSR count). The fourth-order valence-electron chi connectivity index (χ4n) is 4.28. The van der Waals surface area contributed by atoms with Gasteiger partial charge < -0.3 is 14.9 Å². The third-order valence-electron chi connectivity index (χ3n) is 5.70. The van der Waals surface area contributed by atoms with Crippen LogP contribution in [0.25, 0.3) is 0 Å². The summed E-state index contributed by atoms with van der Waals surface area (Å²) in [7, 11) is 1.08. The van der Waals surface area contributed by atoms with Gasteiger partial charge in [-0.3, -0.25) is 0 Å². The van der Waals surface area contributed by atoms with E-state index in [2.05, 4.69) is 124 Å². The Balaban J connectivity index is 0.000000283. The Kier molecular flexibility index (Phi) is 12.1. The minimum absolute atomic E-state index is 0. The maximum atomic E-state index is 3.46. The average Bonchev–Trinajstić information content (AvgIpc) is 3.31. The van der Waals surface area contributed by atoms with Gasteiger partial charge in [-0.1, -0.05) is 60.7 Å². The van der Waals surface area contributed by atoms with E-state index in [1.165, 1.54) is 44.5 Å². The molecule has 0 spiro atoms. The van der Waals surface area contributed by atoms with Crippen molar-refractivity contribution < 1.29 is 26.2 Å². The quantitative estimate of drug-likeness (QED) is 0.234. The molecule has 2 heteroatoms. The van der Waals surface area contributed by atoms with Crippen molar-refractivity contribution in [2.75, 3.05) is 0 Å². The zero-order chi connectivity index (χ0) is 21.8. The molecule has 0 bridgehead atoms. The summed E-state index contributed by atoms with van der Waals surface area (Å²) in [5.74, 6) is 0.909. The number of rotatable bonds is 0. The van der Waals surface area contributed by atoms with Gasteiger partial charge in [0, 0.05) is 9.52 Å². The second kappa shape index (κ2) is 13.8. The Morgan fingerprint density at radius 2 is 1.03 bits per heavy atom. The van der Waals surface area contributed by atoms with Crippen LogP contribution in [0.4, 0.5) is 0 Å². The van der Waals surface area contributed by atoms with Crippen LogP contribution in [0, 0.1) is 40.9 Å². The summed E-state index contributed by atoms with van der Waals surface area (Å²) in [4.78, 5) is 0. The van der Waals surface area contributed by atoms with Crippen LogP contribution in [-0.4, -0.2) is 9.52 Å². The SMILES string of the molecule is C[Si]C.Cc1ccc2c(c1)[C-]=C1C=CC=CC12.Cc1ccc2c(c1)[C-]=C1C=CC=CC12.[CH3-].[CH3-].[Zr+4]. The number of hydrogen-bond donors (Lipinski definition) is 0. The van der Waals surface area contributed by atoms with Crippen LogP contribution in [0.1, 0.15) is 45.2 Å². The van der Waals surface area contributed by atoms with Crippen molar-refractivity contribution in [3.63, 3.8) is 0 Å². The molecule has 0 saturated heterocycles. The van der Waals surface area contributed by atoms with Gasteiger partial charge in [0.1, 0.15) is 0 Å². The molecular formula is C32H34SiZr. The smallest absolute Gasteiger partial charge is 0.358 e. The van der Waals surface area contributed by atoms with Gasteiger partial charge in [0.25, 0.3) is 0 Å². The molecule has 0 aromatic heterocycles. The van der Waals surface area contributed by atoms with Crippen LogP contribution >= 0.6 is 0 Å². The fourth-order valence-corrected chi connectivity index (χ4v) is 4.28. The third kappa shape index (κ3) is 6.55. The molecule has 2 unspecified atom stereocenters. The molecular weight excluding hydrogens is 504 g/mol. The summed E-state index contributed by atoms with van der Waals surface area (Å²) >= 11 is 0. The largest absolute Gasteiger partial charge is 4.00 e. The average molecular weight is 538 g/mol. The Labute approximate surface area is 229 Å². The Morgan fingerprint density at radius 1 is 0.647 bits per heavy atom. The van der Waals surface area contributed by atoms with Gasteiger partial charge in [-0.05, 0) is 25.7 Å². The van der Waals surface area contributed by atoms with Crippen molar-refractivity contribution in [3.05, 3.63) is 157 Å². The standard InChI is InChI=1S/2C14H11.C2H6Si.2CH3.Zr/c2*1-10-6-7-14-12(8-10)9-11-4-2-3-5-13(11)14;1-3-2;;;/h2*2-8,13H,1H3;1-2H3;2*1H3;/q2*-1;;2*-1;+4. The summed E-state index contributed by atoms with van der Waals surface area (Å²) in [6, 6.07) is 13.2. The molecule has 2 aromatic rings. The molecule has 0 nitrogen and oxygen atoms in total. The molecule has 0 N–H and O–H groups in total. The summed E-state index contributed by atoms with van der Waals surface area (Å²) in [5, 5.41) is 0. The molecule has 0 fully saturated rings. The van der Waals surface area contributed by atoms with E-state index in [1.54, 1.807) is 0 Å². The minimum Gasteiger partial charge on any atom is -0.358 e. The van der Waals surface area contributed by atoms with E-state index in [0.29, 0.717) is 11.8 Å². The zero-order valence-corrected chi connectivity index (χ0v) is 24.7. The molecule has 2 radical (unpaired) electrons. The van der Waals surface area contributed by atoms with Crippen LogP contribution in [0.15, 0.2) is 96.2 Å². The van der Waals surface area contributed by atoms with Crippen molar-refractivity contribution >= 4 is 9.52 Å². The monoisotopic (exact) mass is 536 g/mol. The van der Waals surface area contributed by atoms with Crippen LogP contribution in [0.2, 0.25) is 13.1 Å². The van der Waals surface area contributed by atoms with Gasteiger partial charge >= 0.3 is 26.2 Å². The first-order chi connectivity index (χ1) is 15.1. The summed E-state index contributed by atoms with van der Waals surface area (Å²) in [6.07, 6.45) is 24.1. The van der Waals surface area contributed by atoms with Gasteiger partial charge in [0.2, 0.25) is 0 Å². The third-order valence-corrected chi connectivity index (χ3v) is 5.70. The maximum absolute atomic E-state index is 3.46. The van der Waals surface area contributed by atoms with E-state index in [1.807, 2.05) is 0 Å². The Bertz CT molecular complexity index is 1070. The van der Waals surface area contributed by atoms with Gasteiger partial charge in [0.15, 0.2) is 0 Å². The van der Waals surface area contributed by atoms with Gasteiger partial charge in [-0.2, -0.15) is 0 Å². The van der Waals surface area contributed by atoms with E-state index in [0.717, 1.165) is 9.52 Å². The van der Waals surface area contributed by atoms with Crippen LogP contribution in [0.3, 0.4) is 0 Å². The number of hydrogen-bond acceptors (Lipinski definition) is 0. The van der Waals surface area contributed by atoms with Crippen molar-refractivity contribution in [2.45, 2.75) is 38.8 Å². The van der Waals surface area contributed by atoms with Crippen LogP contribution in [0.5, 0.6) is 0 Å². The minimum atomic E-state index is 0. The van der Waals surface area contributed by atoms with E-state index in [4.69, 9.17) is 0 Å². The number of fused-ring (bicyclic) bond motifs is 6. The molecule has 170 valence electrons. The van der Waals surface area contributed by atoms with E-state index >= 15 is 0 Å². The zero-order valence-electron chi connectivity index (χ0n) is 21.2. The van der Waals surface area contributed by atoms with E-state index < -0.39 is 0 Å². The second-order valence-electron chi connectivity index (χ2n) is 8.29. The molecule has 2 aromatic carbocycles. The first-order valence-electron chi connectivity index (χ1n) is 10.9. The molecule has 0 heterocycles. The first kappa shape index (κ1) is 30.0. The van der Waals surface area contributed by atoms with Gasteiger partial charge in [-0.25, -0.2) is 0 Å². The summed E-state index contributed by atoms with van der Waals surface area (Å²) < 4.78 is 0. The Hall–Kier alpha value is -2.02. The second-order valence-corrected chi connectivity index (χ2v) is 9.29. The molecule has 0 saturated carbocycles. The predicted molar refractivity (Wildman–Crippen MR) is 146 cm³/mol. The molecule has 34 heavy (non-hydrogen) atoms. The van der Waals surface area contributed by atoms with Crippen LogP contribution < -0.4 is 0 Å². The fraction of sp³-hybridized carbons (Fsp3) is 0.188. The Morgan fingerprint density at radius 3 is 1.41 bits per heavy atom. The number of allylic oxidation sites excluding steroid dienone is 10. The number of benzene rings is 2. The van der Waals surface area contributed by atoms with Crippen molar-refractivity contribution in [1.82, 2.24) is 0 Å². The number of aryl methyl sites for hydroxylation is 2. The van der Waals surface area contributed by atoms with Gasteiger partial charge in [0.05, 0.1) is 0 Å². The normalized spacial score (nSPS) is 18.5. The molecule has 2 atom stereocenters. The summed E-state index contributed by atoms with van der Waals surface area (Å²) in [5.41, 5.74) is 10.5. The van der Waals surface area contributed by atoms with Crippen molar-refractivity contribution in [1.29, 1.82) is 0 Å². The summed E-state index contributed by atoms with van der Waals surface area (Å²) in [6.45, 7) is 8.56. The topological polar surface area (TPSA) is 0 Å². The molecule has 4 aliphatic rings. The molecule has 0 amide bonds. The molecule has 4 aliphatic carbocycles. The predicted octanol–water partition coefficient (Wildman–Crippen LogP) is 8.28. The van der Waals surface area contributed by atoms with E-state index in [9.17, 15) is 0 Å². The van der Waals surface area contributed by atoms with Crippen molar-refractivity contribution in [2.24, 2.45) is 0 Å².